The number of hydrogen-bond acceptors (Lipinski definition) is 1. The van der Waals surface area contributed by atoms with Gasteiger partial charge in [0.05, 0.1) is 0 Å². The molecule has 2 aliphatic carbocycles. The van der Waals surface area contributed by atoms with Gasteiger partial charge in [0.1, 0.15) is 5.75 Å². The average Bonchev–Trinajstić information content (AvgIpc) is 2.46. The SMILES string of the molecule is CCCCCc1cc(O)c2c(c1)C=C(C)C1CCC(C)=CC21. The van der Waals surface area contributed by atoms with E-state index in [1.165, 1.54) is 54.4 Å². The summed E-state index contributed by atoms with van der Waals surface area (Å²) in [5.41, 5.74) is 6.63. The number of aromatic hydroxyl groups is 1. The topological polar surface area (TPSA) is 20.2 Å². The zero-order chi connectivity index (χ0) is 15.7. The molecule has 2 atom stereocenters. The Kier molecular flexibility index (Phi) is 4.42. The van der Waals surface area contributed by atoms with E-state index in [-0.39, 0.29) is 0 Å². The van der Waals surface area contributed by atoms with Gasteiger partial charge < -0.3 is 5.11 Å². The lowest BCUT2D eigenvalue weighted by molar-refractivity contribution is 0.432. The second-order valence-corrected chi connectivity index (χ2v) is 7.15. The van der Waals surface area contributed by atoms with Gasteiger partial charge >= 0.3 is 0 Å². The molecule has 1 nitrogen and oxygen atoms in total. The number of phenolic OH excluding ortho intramolecular Hbond substituents is 1. The molecule has 0 amide bonds. The van der Waals surface area contributed by atoms with Crippen molar-refractivity contribution in [2.24, 2.45) is 5.92 Å². The number of phenols is 1. The molecule has 0 fully saturated rings. The van der Waals surface area contributed by atoms with E-state index < -0.39 is 0 Å². The van der Waals surface area contributed by atoms with Crippen LogP contribution in [0, 0.1) is 5.92 Å². The molecule has 1 aromatic carbocycles. The van der Waals surface area contributed by atoms with Gasteiger partial charge in [-0.2, -0.15) is 0 Å². The van der Waals surface area contributed by atoms with Gasteiger partial charge in [-0.1, -0.05) is 49.1 Å². The minimum Gasteiger partial charge on any atom is -0.508 e. The molecule has 1 N–H and O–H groups in total. The van der Waals surface area contributed by atoms with E-state index in [9.17, 15) is 5.11 Å². The molecule has 0 heterocycles. The number of rotatable bonds is 4. The molecule has 118 valence electrons. The Bertz CT molecular complexity index is 621. The van der Waals surface area contributed by atoms with E-state index in [1.807, 2.05) is 6.07 Å². The summed E-state index contributed by atoms with van der Waals surface area (Å²) in [6, 6.07) is 4.32. The van der Waals surface area contributed by atoms with Crippen molar-refractivity contribution in [1.29, 1.82) is 0 Å². The third-order valence-electron chi connectivity index (χ3n) is 5.37. The summed E-state index contributed by atoms with van der Waals surface area (Å²) < 4.78 is 0. The first-order chi connectivity index (χ1) is 10.6. The maximum Gasteiger partial charge on any atom is 0.120 e. The molecule has 0 saturated carbocycles. The second kappa shape index (κ2) is 6.32. The molecule has 0 aliphatic heterocycles. The Morgan fingerprint density at radius 3 is 2.77 bits per heavy atom. The Hall–Kier alpha value is -1.50. The largest absolute Gasteiger partial charge is 0.508 e. The van der Waals surface area contributed by atoms with Gasteiger partial charge in [0.25, 0.3) is 0 Å². The lowest BCUT2D eigenvalue weighted by Gasteiger charge is -2.35. The predicted molar refractivity (Wildman–Crippen MR) is 94.2 cm³/mol. The summed E-state index contributed by atoms with van der Waals surface area (Å²) in [6.07, 6.45) is 11.9. The smallest absolute Gasteiger partial charge is 0.120 e. The molecule has 2 unspecified atom stereocenters. The van der Waals surface area contributed by atoms with Crippen LogP contribution in [0.1, 0.15) is 75.5 Å². The lowest BCUT2D eigenvalue weighted by atomic mass is 9.69. The van der Waals surface area contributed by atoms with E-state index in [0.717, 1.165) is 12.0 Å². The average molecular weight is 296 g/mol. The highest BCUT2D eigenvalue weighted by Crippen LogP contribution is 2.48. The van der Waals surface area contributed by atoms with E-state index in [2.05, 4.69) is 39.0 Å². The van der Waals surface area contributed by atoms with Crippen LogP contribution in [0.3, 0.4) is 0 Å². The van der Waals surface area contributed by atoms with Gasteiger partial charge in [0, 0.05) is 11.5 Å². The standard InChI is InChI=1S/C21H28O/c1-4-5-6-7-16-12-17-11-15(3)18-9-8-14(2)10-19(18)21(17)20(22)13-16/h10-13,18-19,22H,4-9H2,1-3H3. The highest BCUT2D eigenvalue weighted by atomic mass is 16.3. The summed E-state index contributed by atoms with van der Waals surface area (Å²) in [5.74, 6) is 1.46. The van der Waals surface area contributed by atoms with Gasteiger partial charge in [0.15, 0.2) is 0 Å². The van der Waals surface area contributed by atoms with Crippen molar-refractivity contribution in [3.05, 3.63) is 46.0 Å². The van der Waals surface area contributed by atoms with Crippen molar-refractivity contribution in [2.75, 3.05) is 0 Å². The quantitative estimate of drug-likeness (QED) is 0.535. The Labute approximate surface area is 134 Å². The number of fused-ring (bicyclic) bond motifs is 3. The molecule has 2 aliphatic rings. The summed E-state index contributed by atoms with van der Waals surface area (Å²) in [6.45, 7) is 6.71. The van der Waals surface area contributed by atoms with Gasteiger partial charge in [-0.25, -0.2) is 0 Å². The van der Waals surface area contributed by atoms with Gasteiger partial charge in [0.2, 0.25) is 0 Å². The maximum absolute atomic E-state index is 10.6. The van der Waals surface area contributed by atoms with Crippen molar-refractivity contribution in [2.45, 2.75) is 65.2 Å². The fourth-order valence-corrected chi connectivity index (χ4v) is 4.14. The van der Waals surface area contributed by atoms with E-state index in [0.29, 0.717) is 17.6 Å². The van der Waals surface area contributed by atoms with Crippen LogP contribution < -0.4 is 0 Å². The predicted octanol–water partition coefficient (Wildman–Crippen LogP) is 5.98. The van der Waals surface area contributed by atoms with Crippen LogP contribution in [-0.2, 0) is 6.42 Å². The number of aryl methyl sites for hydroxylation is 1. The van der Waals surface area contributed by atoms with Crippen LogP contribution in [0.4, 0.5) is 0 Å². The molecule has 1 heteroatoms. The summed E-state index contributed by atoms with van der Waals surface area (Å²) in [4.78, 5) is 0. The highest BCUT2D eigenvalue weighted by molar-refractivity contribution is 5.67. The molecule has 0 saturated heterocycles. The molecule has 0 radical (unpaired) electrons. The molecule has 3 rings (SSSR count). The Morgan fingerprint density at radius 2 is 2.00 bits per heavy atom. The lowest BCUT2D eigenvalue weighted by Crippen LogP contribution is -2.21. The fourth-order valence-electron chi connectivity index (χ4n) is 4.14. The molecule has 22 heavy (non-hydrogen) atoms. The molecular weight excluding hydrogens is 268 g/mol. The summed E-state index contributed by atoms with van der Waals surface area (Å²) >= 11 is 0. The molecule has 0 spiro atoms. The van der Waals surface area contributed by atoms with Crippen molar-refractivity contribution in [3.63, 3.8) is 0 Å². The van der Waals surface area contributed by atoms with Crippen LogP contribution in [0.5, 0.6) is 5.75 Å². The third-order valence-corrected chi connectivity index (χ3v) is 5.37. The highest BCUT2D eigenvalue weighted by Gasteiger charge is 2.32. The van der Waals surface area contributed by atoms with Crippen molar-refractivity contribution < 1.29 is 5.11 Å². The van der Waals surface area contributed by atoms with Crippen LogP contribution in [0.15, 0.2) is 29.4 Å². The van der Waals surface area contributed by atoms with E-state index >= 15 is 0 Å². The monoisotopic (exact) mass is 296 g/mol. The number of allylic oxidation sites excluding steroid dienone is 3. The Balaban J connectivity index is 1.98. The zero-order valence-electron chi connectivity index (χ0n) is 14.2. The van der Waals surface area contributed by atoms with Crippen LogP contribution in [-0.4, -0.2) is 5.11 Å². The summed E-state index contributed by atoms with van der Waals surface area (Å²) in [5, 5.41) is 10.6. The zero-order valence-corrected chi connectivity index (χ0v) is 14.2. The molecule has 0 aromatic heterocycles. The van der Waals surface area contributed by atoms with E-state index in [4.69, 9.17) is 0 Å². The number of unbranched alkanes of at least 4 members (excludes halogenated alkanes) is 2. The second-order valence-electron chi connectivity index (χ2n) is 7.15. The third kappa shape index (κ3) is 2.86. The number of benzene rings is 1. The molecular formula is C21H28O. The van der Waals surface area contributed by atoms with Gasteiger partial charge in [-0.3, -0.25) is 0 Å². The minimum absolute atomic E-state index is 0.374. The minimum atomic E-state index is 0.374. The first-order valence-corrected chi connectivity index (χ1v) is 8.81. The Morgan fingerprint density at radius 1 is 1.18 bits per heavy atom. The normalized spacial score (nSPS) is 23.4. The number of hydrogen-bond donors (Lipinski definition) is 1. The fraction of sp³-hybridized carbons (Fsp3) is 0.524. The maximum atomic E-state index is 10.6. The van der Waals surface area contributed by atoms with Gasteiger partial charge in [-0.15, -0.1) is 0 Å². The molecule has 0 bridgehead atoms. The van der Waals surface area contributed by atoms with E-state index in [1.54, 1.807) is 0 Å². The van der Waals surface area contributed by atoms with Crippen LogP contribution in [0.25, 0.3) is 6.08 Å². The van der Waals surface area contributed by atoms with Crippen molar-refractivity contribution in [3.8, 4) is 5.75 Å². The van der Waals surface area contributed by atoms with Crippen molar-refractivity contribution in [1.82, 2.24) is 0 Å². The van der Waals surface area contributed by atoms with Crippen molar-refractivity contribution >= 4 is 6.08 Å². The van der Waals surface area contributed by atoms with Crippen LogP contribution in [0.2, 0.25) is 0 Å². The van der Waals surface area contributed by atoms with Gasteiger partial charge in [-0.05, 0) is 62.6 Å². The first-order valence-electron chi connectivity index (χ1n) is 8.81. The molecule has 1 aromatic rings. The summed E-state index contributed by atoms with van der Waals surface area (Å²) in [7, 11) is 0. The first kappa shape index (κ1) is 15.4. The van der Waals surface area contributed by atoms with Crippen LogP contribution >= 0.6 is 0 Å².